The average Bonchev–Trinajstić information content (AvgIpc) is 3.39. The summed E-state index contributed by atoms with van der Waals surface area (Å²) in [7, 11) is 1.53. The number of amides is 1. The summed E-state index contributed by atoms with van der Waals surface area (Å²) in [5.74, 6) is 0.372. The SMILES string of the molecule is CCCCN1C(=O)c2nn(-c3ccccc3)c(-c3ccccc3)c2C1c1ccc(O)c(OC)c1. The van der Waals surface area contributed by atoms with Crippen molar-refractivity contribution >= 4 is 5.91 Å². The number of hydrogen-bond donors (Lipinski definition) is 1. The van der Waals surface area contributed by atoms with E-state index in [9.17, 15) is 9.90 Å². The van der Waals surface area contributed by atoms with Gasteiger partial charge in [-0.15, -0.1) is 0 Å². The molecule has 0 spiro atoms. The van der Waals surface area contributed by atoms with Crippen LogP contribution in [-0.2, 0) is 0 Å². The molecule has 0 saturated carbocycles. The van der Waals surface area contributed by atoms with Gasteiger partial charge in [-0.05, 0) is 36.2 Å². The Labute approximate surface area is 199 Å². The summed E-state index contributed by atoms with van der Waals surface area (Å²) in [5, 5.41) is 15.1. The fourth-order valence-corrected chi connectivity index (χ4v) is 4.66. The number of aromatic hydroxyl groups is 1. The molecule has 6 heteroatoms. The number of phenols is 1. The van der Waals surface area contributed by atoms with E-state index in [1.54, 1.807) is 6.07 Å². The number of aromatic nitrogens is 2. The molecule has 1 aromatic heterocycles. The van der Waals surface area contributed by atoms with Crippen molar-refractivity contribution in [2.45, 2.75) is 25.8 Å². The number of unbranched alkanes of at least 4 members (excludes halogenated alkanes) is 1. The standard InChI is InChI=1S/C28H27N3O3/c1-3-4-17-30-26(20-15-16-22(32)23(18-20)34-2)24-25(28(30)33)29-31(21-13-9-6-10-14-21)27(24)19-11-7-5-8-12-19/h5-16,18,26,32H,3-4,17H2,1-2H3. The normalized spacial score (nSPS) is 14.9. The van der Waals surface area contributed by atoms with Gasteiger partial charge in [0.15, 0.2) is 17.2 Å². The van der Waals surface area contributed by atoms with Crippen LogP contribution in [0.1, 0.15) is 47.4 Å². The van der Waals surface area contributed by atoms with Crippen LogP contribution < -0.4 is 4.74 Å². The molecule has 1 aliphatic heterocycles. The predicted molar refractivity (Wildman–Crippen MR) is 131 cm³/mol. The number of phenolic OH excluding ortho intramolecular Hbond substituents is 1. The van der Waals surface area contributed by atoms with Gasteiger partial charge in [0.2, 0.25) is 0 Å². The largest absolute Gasteiger partial charge is 0.504 e. The fourth-order valence-electron chi connectivity index (χ4n) is 4.66. The number of nitrogens with zero attached hydrogens (tertiary/aromatic N) is 3. The Morgan fingerprint density at radius 1 is 1.00 bits per heavy atom. The first-order valence-corrected chi connectivity index (χ1v) is 11.6. The van der Waals surface area contributed by atoms with E-state index in [1.807, 2.05) is 82.4 Å². The molecule has 4 aromatic rings. The minimum atomic E-state index is -0.337. The fraction of sp³-hybridized carbons (Fsp3) is 0.214. The number of methoxy groups -OCH3 is 1. The molecule has 1 unspecified atom stereocenters. The monoisotopic (exact) mass is 453 g/mol. The maximum atomic E-state index is 13.7. The highest BCUT2D eigenvalue weighted by Crippen LogP contribution is 2.46. The van der Waals surface area contributed by atoms with Gasteiger partial charge in [0.05, 0.1) is 24.5 Å². The van der Waals surface area contributed by atoms with Gasteiger partial charge < -0.3 is 14.7 Å². The summed E-state index contributed by atoms with van der Waals surface area (Å²) < 4.78 is 7.27. The number of hydrogen-bond acceptors (Lipinski definition) is 4. The number of ether oxygens (including phenoxy) is 1. The average molecular weight is 454 g/mol. The molecule has 0 fully saturated rings. The molecule has 0 bridgehead atoms. The molecular weight excluding hydrogens is 426 g/mol. The zero-order valence-corrected chi connectivity index (χ0v) is 19.3. The summed E-state index contributed by atoms with van der Waals surface area (Å²) in [6.45, 7) is 2.74. The zero-order chi connectivity index (χ0) is 23.7. The van der Waals surface area contributed by atoms with Crippen LogP contribution in [0.4, 0.5) is 0 Å². The Morgan fingerprint density at radius 3 is 2.38 bits per heavy atom. The van der Waals surface area contributed by atoms with Gasteiger partial charge in [0.25, 0.3) is 5.91 Å². The van der Waals surface area contributed by atoms with Crippen LogP contribution in [0.5, 0.6) is 11.5 Å². The number of rotatable bonds is 7. The Hall–Kier alpha value is -4.06. The van der Waals surface area contributed by atoms with Crippen molar-refractivity contribution in [3.05, 3.63) is 95.7 Å². The Morgan fingerprint density at radius 2 is 1.71 bits per heavy atom. The molecule has 2 heterocycles. The number of benzene rings is 3. The molecule has 1 aliphatic rings. The zero-order valence-electron chi connectivity index (χ0n) is 19.3. The Kier molecular flexibility index (Phi) is 5.80. The van der Waals surface area contributed by atoms with Gasteiger partial charge in [-0.2, -0.15) is 5.10 Å². The van der Waals surface area contributed by atoms with Crippen molar-refractivity contribution < 1.29 is 14.6 Å². The third-order valence-electron chi connectivity index (χ3n) is 6.29. The van der Waals surface area contributed by atoms with Crippen molar-refractivity contribution in [2.75, 3.05) is 13.7 Å². The summed E-state index contributed by atoms with van der Waals surface area (Å²) >= 11 is 0. The first kappa shape index (κ1) is 21.8. The lowest BCUT2D eigenvalue weighted by Crippen LogP contribution is -2.31. The second-order valence-corrected chi connectivity index (χ2v) is 8.41. The van der Waals surface area contributed by atoms with Gasteiger partial charge >= 0.3 is 0 Å². The molecule has 1 N–H and O–H groups in total. The van der Waals surface area contributed by atoms with Gasteiger partial charge in [-0.25, -0.2) is 4.68 Å². The second kappa shape index (κ2) is 9.06. The smallest absolute Gasteiger partial charge is 0.275 e. The first-order valence-electron chi connectivity index (χ1n) is 11.6. The van der Waals surface area contributed by atoms with Crippen LogP contribution in [0.25, 0.3) is 16.9 Å². The number of para-hydroxylation sites is 1. The van der Waals surface area contributed by atoms with E-state index in [2.05, 4.69) is 6.92 Å². The van der Waals surface area contributed by atoms with Gasteiger partial charge in [-0.3, -0.25) is 4.79 Å². The van der Waals surface area contributed by atoms with Crippen molar-refractivity contribution in [3.8, 4) is 28.4 Å². The first-order chi connectivity index (χ1) is 16.6. The third-order valence-corrected chi connectivity index (χ3v) is 6.29. The summed E-state index contributed by atoms with van der Waals surface area (Å²) in [6, 6.07) is 24.9. The Bertz CT molecular complexity index is 1320. The molecule has 0 saturated heterocycles. The number of carbonyl (C=O) groups excluding carboxylic acids is 1. The van der Waals surface area contributed by atoms with Crippen molar-refractivity contribution in [1.29, 1.82) is 0 Å². The quantitative estimate of drug-likeness (QED) is 0.396. The summed E-state index contributed by atoms with van der Waals surface area (Å²) in [4.78, 5) is 15.6. The summed E-state index contributed by atoms with van der Waals surface area (Å²) in [6.07, 6.45) is 1.86. The number of carbonyl (C=O) groups is 1. The maximum absolute atomic E-state index is 13.7. The molecule has 3 aromatic carbocycles. The van der Waals surface area contributed by atoms with Crippen LogP contribution in [0.15, 0.2) is 78.9 Å². The van der Waals surface area contributed by atoms with E-state index in [4.69, 9.17) is 9.84 Å². The number of fused-ring (bicyclic) bond motifs is 1. The third kappa shape index (κ3) is 3.61. The van der Waals surface area contributed by atoms with Gasteiger partial charge in [0, 0.05) is 17.7 Å². The summed E-state index contributed by atoms with van der Waals surface area (Å²) in [5.41, 5.74) is 5.00. The second-order valence-electron chi connectivity index (χ2n) is 8.41. The van der Waals surface area contributed by atoms with Crippen LogP contribution in [0.3, 0.4) is 0 Å². The van der Waals surface area contributed by atoms with Crippen LogP contribution in [-0.4, -0.2) is 39.3 Å². The molecule has 5 rings (SSSR count). The lowest BCUT2D eigenvalue weighted by Gasteiger charge is -2.27. The van der Waals surface area contributed by atoms with E-state index in [0.717, 1.165) is 40.9 Å². The molecular formula is C28H27N3O3. The molecule has 172 valence electrons. The van der Waals surface area contributed by atoms with Crippen molar-refractivity contribution in [3.63, 3.8) is 0 Å². The highest BCUT2D eigenvalue weighted by molar-refractivity contribution is 6.00. The molecule has 0 radical (unpaired) electrons. The van der Waals surface area contributed by atoms with Crippen LogP contribution in [0, 0.1) is 0 Å². The van der Waals surface area contributed by atoms with Crippen LogP contribution in [0.2, 0.25) is 0 Å². The van der Waals surface area contributed by atoms with Crippen molar-refractivity contribution in [2.24, 2.45) is 0 Å². The van der Waals surface area contributed by atoms with Crippen molar-refractivity contribution in [1.82, 2.24) is 14.7 Å². The topological polar surface area (TPSA) is 67.6 Å². The molecule has 0 aliphatic carbocycles. The minimum absolute atomic E-state index is 0.0687. The maximum Gasteiger partial charge on any atom is 0.275 e. The van der Waals surface area contributed by atoms with E-state index < -0.39 is 0 Å². The van der Waals surface area contributed by atoms with Crippen LogP contribution >= 0.6 is 0 Å². The highest BCUT2D eigenvalue weighted by Gasteiger charge is 2.43. The molecule has 6 nitrogen and oxygen atoms in total. The lowest BCUT2D eigenvalue weighted by atomic mass is 9.95. The van der Waals surface area contributed by atoms with E-state index in [0.29, 0.717) is 18.0 Å². The van der Waals surface area contributed by atoms with E-state index in [1.165, 1.54) is 7.11 Å². The van der Waals surface area contributed by atoms with E-state index in [-0.39, 0.29) is 17.7 Å². The Balaban J connectivity index is 1.78. The molecule has 34 heavy (non-hydrogen) atoms. The van der Waals surface area contributed by atoms with Gasteiger partial charge in [0.1, 0.15) is 0 Å². The molecule has 1 amide bonds. The lowest BCUT2D eigenvalue weighted by molar-refractivity contribution is 0.0740. The minimum Gasteiger partial charge on any atom is -0.504 e. The van der Waals surface area contributed by atoms with Gasteiger partial charge in [-0.1, -0.05) is 67.9 Å². The molecule has 1 atom stereocenters. The van der Waals surface area contributed by atoms with E-state index >= 15 is 0 Å². The predicted octanol–water partition coefficient (Wildman–Crippen LogP) is 5.60. The highest BCUT2D eigenvalue weighted by atomic mass is 16.5.